The molecule has 23 heavy (non-hydrogen) atoms. The van der Waals surface area contributed by atoms with Crippen LogP contribution in [0.1, 0.15) is 26.8 Å². The maximum Gasteiger partial charge on any atom is 0.330 e. The maximum absolute atomic E-state index is 12.0. The van der Waals surface area contributed by atoms with Gasteiger partial charge in [-0.05, 0) is 32.9 Å². The molecule has 3 heterocycles. The van der Waals surface area contributed by atoms with Crippen LogP contribution in [0, 0.1) is 0 Å². The van der Waals surface area contributed by atoms with Gasteiger partial charge in [0.15, 0.2) is 5.65 Å². The highest BCUT2D eigenvalue weighted by molar-refractivity contribution is 5.76. The fourth-order valence-electron chi connectivity index (χ4n) is 2.44. The molecule has 0 aliphatic heterocycles. The standard InChI is InChI=1S/C15H17N5O3/c1-4-23-14-9(6-5-7-16-14)11-17-10-12(18-11)20(8(2)3)15(22)19-13(10)21/h5-8H,4H2,1-3H3,(H,17,18)(H,19,21,22). The molecular weight excluding hydrogens is 298 g/mol. The molecule has 0 saturated heterocycles. The Kier molecular flexibility index (Phi) is 3.73. The highest BCUT2D eigenvalue weighted by Gasteiger charge is 2.17. The lowest BCUT2D eigenvalue weighted by molar-refractivity contribution is 0.328. The van der Waals surface area contributed by atoms with Gasteiger partial charge in [-0.2, -0.15) is 0 Å². The number of aromatic nitrogens is 5. The van der Waals surface area contributed by atoms with E-state index < -0.39 is 11.2 Å². The van der Waals surface area contributed by atoms with Crippen molar-refractivity contribution in [2.24, 2.45) is 0 Å². The average molecular weight is 315 g/mol. The van der Waals surface area contributed by atoms with Gasteiger partial charge < -0.3 is 9.72 Å². The van der Waals surface area contributed by atoms with E-state index in [9.17, 15) is 9.59 Å². The van der Waals surface area contributed by atoms with Crippen molar-refractivity contribution in [1.82, 2.24) is 24.5 Å². The smallest absolute Gasteiger partial charge is 0.330 e. The molecule has 2 N–H and O–H groups in total. The number of ether oxygens (including phenoxy) is 1. The quantitative estimate of drug-likeness (QED) is 0.758. The van der Waals surface area contributed by atoms with Crippen LogP contribution in [0.5, 0.6) is 5.88 Å². The van der Waals surface area contributed by atoms with Crippen LogP contribution in [-0.4, -0.2) is 31.1 Å². The van der Waals surface area contributed by atoms with Crippen molar-refractivity contribution < 1.29 is 4.74 Å². The van der Waals surface area contributed by atoms with Gasteiger partial charge in [0.1, 0.15) is 11.3 Å². The number of rotatable bonds is 4. The molecule has 0 unspecified atom stereocenters. The zero-order chi connectivity index (χ0) is 16.6. The van der Waals surface area contributed by atoms with E-state index in [1.165, 1.54) is 4.57 Å². The van der Waals surface area contributed by atoms with E-state index in [0.29, 0.717) is 29.5 Å². The SMILES string of the molecule is CCOc1ncccc1-c1nc2c([nH]1)c(=O)[nH]c(=O)n2C(C)C. The van der Waals surface area contributed by atoms with E-state index >= 15 is 0 Å². The summed E-state index contributed by atoms with van der Waals surface area (Å²) < 4.78 is 6.93. The molecule has 0 bridgehead atoms. The van der Waals surface area contributed by atoms with Crippen LogP contribution in [-0.2, 0) is 0 Å². The molecule has 0 atom stereocenters. The highest BCUT2D eigenvalue weighted by Crippen LogP contribution is 2.26. The number of pyridine rings is 1. The number of nitrogens with one attached hydrogen (secondary N) is 2. The number of imidazole rings is 1. The highest BCUT2D eigenvalue weighted by atomic mass is 16.5. The third kappa shape index (κ3) is 2.52. The lowest BCUT2D eigenvalue weighted by Crippen LogP contribution is -2.31. The van der Waals surface area contributed by atoms with Crippen molar-refractivity contribution in [3.63, 3.8) is 0 Å². The summed E-state index contributed by atoms with van der Waals surface area (Å²) in [5.74, 6) is 0.853. The van der Waals surface area contributed by atoms with Crippen molar-refractivity contribution >= 4 is 11.2 Å². The Morgan fingerprint density at radius 1 is 1.30 bits per heavy atom. The van der Waals surface area contributed by atoms with E-state index in [0.717, 1.165) is 0 Å². The van der Waals surface area contributed by atoms with Gasteiger partial charge in [0.25, 0.3) is 5.56 Å². The van der Waals surface area contributed by atoms with Gasteiger partial charge >= 0.3 is 5.69 Å². The van der Waals surface area contributed by atoms with Gasteiger partial charge in [0.2, 0.25) is 5.88 Å². The third-order valence-electron chi connectivity index (χ3n) is 3.40. The van der Waals surface area contributed by atoms with Crippen LogP contribution in [0.25, 0.3) is 22.6 Å². The normalized spacial score (nSPS) is 11.3. The summed E-state index contributed by atoms with van der Waals surface area (Å²) in [5.41, 5.74) is 0.219. The number of hydrogen-bond donors (Lipinski definition) is 2. The van der Waals surface area contributed by atoms with E-state index in [2.05, 4.69) is 19.9 Å². The van der Waals surface area contributed by atoms with Crippen molar-refractivity contribution in [2.45, 2.75) is 26.8 Å². The summed E-state index contributed by atoms with van der Waals surface area (Å²) >= 11 is 0. The Hall–Kier alpha value is -2.90. The lowest BCUT2D eigenvalue weighted by Gasteiger charge is -2.08. The molecule has 0 aromatic carbocycles. The zero-order valence-corrected chi connectivity index (χ0v) is 13.1. The summed E-state index contributed by atoms with van der Waals surface area (Å²) in [4.78, 5) is 38.0. The lowest BCUT2D eigenvalue weighted by atomic mass is 10.2. The van der Waals surface area contributed by atoms with Crippen LogP contribution >= 0.6 is 0 Å². The molecule has 8 nitrogen and oxygen atoms in total. The number of fused-ring (bicyclic) bond motifs is 1. The number of hydrogen-bond acceptors (Lipinski definition) is 5. The third-order valence-corrected chi connectivity index (χ3v) is 3.40. The molecule has 120 valence electrons. The summed E-state index contributed by atoms with van der Waals surface area (Å²) in [5, 5.41) is 0. The van der Waals surface area contributed by atoms with Gasteiger partial charge in [0, 0.05) is 12.2 Å². The Labute approximate surface area is 131 Å². The van der Waals surface area contributed by atoms with E-state index in [4.69, 9.17) is 4.74 Å². The zero-order valence-electron chi connectivity index (χ0n) is 13.1. The first-order valence-corrected chi connectivity index (χ1v) is 7.35. The molecule has 0 aliphatic carbocycles. The summed E-state index contributed by atoms with van der Waals surface area (Å²) in [6.07, 6.45) is 1.62. The average Bonchev–Trinajstić information content (AvgIpc) is 2.92. The van der Waals surface area contributed by atoms with Crippen LogP contribution in [0.2, 0.25) is 0 Å². The van der Waals surface area contributed by atoms with Crippen molar-refractivity contribution in [2.75, 3.05) is 6.61 Å². The van der Waals surface area contributed by atoms with Crippen LogP contribution in [0.15, 0.2) is 27.9 Å². The summed E-state index contributed by atoms with van der Waals surface area (Å²) in [6, 6.07) is 3.41. The Balaban J connectivity index is 2.30. The first-order chi connectivity index (χ1) is 11.0. The number of nitrogens with zero attached hydrogens (tertiary/aromatic N) is 3. The molecule has 0 spiro atoms. The molecule has 0 amide bonds. The Morgan fingerprint density at radius 2 is 2.09 bits per heavy atom. The first kappa shape index (κ1) is 15.0. The predicted octanol–water partition coefficient (Wildman–Crippen LogP) is 1.45. The summed E-state index contributed by atoms with van der Waals surface area (Å²) in [7, 11) is 0. The maximum atomic E-state index is 12.0. The molecule has 3 aromatic heterocycles. The monoisotopic (exact) mass is 315 g/mol. The topological polar surface area (TPSA) is 106 Å². The van der Waals surface area contributed by atoms with E-state index in [-0.39, 0.29) is 11.6 Å². The Morgan fingerprint density at radius 3 is 2.78 bits per heavy atom. The second kappa shape index (κ2) is 5.71. The molecule has 3 aromatic rings. The minimum Gasteiger partial charge on any atom is -0.477 e. The molecular formula is C15H17N5O3. The number of aromatic amines is 2. The number of H-pyrrole nitrogens is 2. The minimum absolute atomic E-state index is 0.140. The van der Waals surface area contributed by atoms with Crippen LogP contribution in [0.3, 0.4) is 0 Å². The molecule has 8 heteroatoms. The molecule has 0 radical (unpaired) electrons. The van der Waals surface area contributed by atoms with Crippen molar-refractivity contribution in [1.29, 1.82) is 0 Å². The van der Waals surface area contributed by atoms with E-state index in [1.807, 2.05) is 20.8 Å². The second-order valence-electron chi connectivity index (χ2n) is 5.30. The van der Waals surface area contributed by atoms with Crippen molar-refractivity contribution in [3.8, 4) is 17.3 Å². The van der Waals surface area contributed by atoms with Crippen LogP contribution < -0.4 is 16.0 Å². The molecule has 3 rings (SSSR count). The van der Waals surface area contributed by atoms with Crippen LogP contribution in [0.4, 0.5) is 0 Å². The van der Waals surface area contributed by atoms with Gasteiger partial charge in [-0.15, -0.1) is 0 Å². The Bertz CT molecular complexity index is 967. The van der Waals surface area contributed by atoms with Gasteiger partial charge in [-0.1, -0.05) is 0 Å². The van der Waals surface area contributed by atoms with Crippen molar-refractivity contribution in [3.05, 3.63) is 39.2 Å². The fraction of sp³-hybridized carbons (Fsp3) is 0.333. The molecule has 0 saturated carbocycles. The largest absolute Gasteiger partial charge is 0.477 e. The van der Waals surface area contributed by atoms with Gasteiger partial charge in [0.05, 0.1) is 12.2 Å². The summed E-state index contributed by atoms with van der Waals surface area (Å²) in [6.45, 7) is 6.02. The minimum atomic E-state index is -0.498. The second-order valence-corrected chi connectivity index (χ2v) is 5.30. The first-order valence-electron chi connectivity index (χ1n) is 7.35. The molecule has 0 fully saturated rings. The van der Waals surface area contributed by atoms with Gasteiger partial charge in [-0.25, -0.2) is 14.8 Å². The predicted molar refractivity (Wildman–Crippen MR) is 85.8 cm³/mol. The fourth-order valence-corrected chi connectivity index (χ4v) is 2.44. The molecule has 0 aliphatic rings. The van der Waals surface area contributed by atoms with E-state index in [1.54, 1.807) is 18.3 Å². The van der Waals surface area contributed by atoms with Gasteiger partial charge in [-0.3, -0.25) is 14.3 Å².